The second-order valence-electron chi connectivity index (χ2n) is 9.94. The lowest BCUT2D eigenvalue weighted by atomic mass is 9.81. The molecule has 0 aromatic heterocycles. The Labute approximate surface area is 201 Å². The van der Waals surface area contributed by atoms with E-state index in [-0.39, 0.29) is 30.1 Å². The number of fused-ring (bicyclic) bond motifs is 1. The van der Waals surface area contributed by atoms with E-state index in [1.807, 2.05) is 28.0 Å². The van der Waals surface area contributed by atoms with Crippen LogP contribution in [0.1, 0.15) is 50.5 Å². The fourth-order valence-corrected chi connectivity index (χ4v) is 6.19. The normalized spacial score (nSPS) is 28.9. The molecule has 0 spiro atoms. The van der Waals surface area contributed by atoms with Gasteiger partial charge in [0.2, 0.25) is 11.8 Å². The first-order valence-corrected chi connectivity index (χ1v) is 12.6. The lowest BCUT2D eigenvalue weighted by Gasteiger charge is -2.51. The van der Waals surface area contributed by atoms with Gasteiger partial charge in [-0.05, 0) is 43.7 Å². The number of nitrogens with zero attached hydrogens (tertiary/aromatic N) is 4. The maximum absolute atomic E-state index is 13.1. The summed E-state index contributed by atoms with van der Waals surface area (Å²) in [5.41, 5.74) is 1.24. The van der Waals surface area contributed by atoms with Gasteiger partial charge < -0.3 is 20.4 Å². The molecular formula is C25H35N6O3. The predicted molar refractivity (Wildman–Crippen MR) is 128 cm³/mol. The van der Waals surface area contributed by atoms with E-state index < -0.39 is 5.54 Å². The van der Waals surface area contributed by atoms with Gasteiger partial charge in [0.05, 0.1) is 6.17 Å². The second kappa shape index (κ2) is 9.54. The monoisotopic (exact) mass is 467 g/mol. The molecule has 0 aliphatic carbocycles. The Bertz CT molecular complexity index is 946. The SMILES string of the molecule is CNC(=O)C1(N2CCCCC2=O)CC[N]C(N2CCC(N3Cc4ccccc4NC3=O)CC2)C1. The molecule has 3 fully saturated rings. The van der Waals surface area contributed by atoms with E-state index in [1.165, 1.54) is 0 Å². The van der Waals surface area contributed by atoms with Gasteiger partial charge in [0, 0.05) is 64.3 Å². The third kappa shape index (κ3) is 4.15. The number of anilines is 1. The number of hydrogen-bond donors (Lipinski definition) is 2. The van der Waals surface area contributed by atoms with Crippen LogP contribution in [0.15, 0.2) is 24.3 Å². The summed E-state index contributed by atoms with van der Waals surface area (Å²) in [7, 11) is 1.66. The lowest BCUT2D eigenvalue weighted by Crippen LogP contribution is -2.68. The number of para-hydroxylation sites is 1. The fourth-order valence-electron chi connectivity index (χ4n) is 6.19. The summed E-state index contributed by atoms with van der Waals surface area (Å²) >= 11 is 0. The number of carbonyl (C=O) groups excluding carboxylic acids is 3. The molecule has 2 N–H and O–H groups in total. The number of hydrogen-bond acceptors (Lipinski definition) is 4. The van der Waals surface area contributed by atoms with Gasteiger partial charge in [0.25, 0.3) is 0 Å². The minimum atomic E-state index is -0.814. The Morgan fingerprint density at radius 2 is 1.94 bits per heavy atom. The van der Waals surface area contributed by atoms with Gasteiger partial charge in [0.15, 0.2) is 0 Å². The van der Waals surface area contributed by atoms with Crippen LogP contribution in [0.5, 0.6) is 0 Å². The first-order chi connectivity index (χ1) is 16.5. The topological polar surface area (TPSA) is 99.1 Å². The highest BCUT2D eigenvalue weighted by atomic mass is 16.2. The number of benzene rings is 1. The fraction of sp³-hybridized carbons (Fsp3) is 0.640. The highest BCUT2D eigenvalue weighted by molar-refractivity contribution is 5.93. The molecule has 9 nitrogen and oxygen atoms in total. The molecule has 1 aromatic carbocycles. The van der Waals surface area contributed by atoms with E-state index in [9.17, 15) is 14.4 Å². The van der Waals surface area contributed by atoms with Crippen LogP contribution in [-0.2, 0) is 16.1 Å². The van der Waals surface area contributed by atoms with Crippen LogP contribution >= 0.6 is 0 Å². The zero-order chi connectivity index (χ0) is 23.7. The van der Waals surface area contributed by atoms with Crippen LogP contribution < -0.4 is 16.0 Å². The summed E-state index contributed by atoms with van der Waals surface area (Å²) < 4.78 is 0. The van der Waals surface area contributed by atoms with Crippen molar-refractivity contribution < 1.29 is 14.4 Å². The zero-order valence-corrected chi connectivity index (χ0v) is 20.0. The predicted octanol–water partition coefficient (Wildman–Crippen LogP) is 1.72. The van der Waals surface area contributed by atoms with E-state index >= 15 is 0 Å². The van der Waals surface area contributed by atoms with Crippen LogP contribution in [0.25, 0.3) is 0 Å². The Balaban J connectivity index is 1.25. The largest absolute Gasteiger partial charge is 0.357 e. The Morgan fingerprint density at radius 1 is 1.15 bits per heavy atom. The van der Waals surface area contributed by atoms with E-state index in [4.69, 9.17) is 5.32 Å². The zero-order valence-electron chi connectivity index (χ0n) is 20.0. The standard InChI is InChI=1S/C25H35N6O3/c1-26-23(33)25(31-13-5-4-8-22(31)32)11-12-27-21(16-25)29-14-9-19(10-15-29)30-17-18-6-2-3-7-20(18)28-24(30)34/h2-3,6-7,19,21H,4-5,8-17H2,1H3,(H,26,33)(H,28,34). The van der Waals surface area contributed by atoms with E-state index in [1.54, 1.807) is 7.05 Å². The number of carbonyl (C=O) groups is 3. The van der Waals surface area contributed by atoms with Crippen LogP contribution in [0, 0.1) is 0 Å². The summed E-state index contributed by atoms with van der Waals surface area (Å²) in [6.07, 6.45) is 5.15. The highest BCUT2D eigenvalue weighted by Crippen LogP contribution is 2.35. The summed E-state index contributed by atoms with van der Waals surface area (Å²) in [5.74, 6) is 0.0202. The maximum Gasteiger partial charge on any atom is 0.322 e. The number of likely N-dealkylation sites (N-methyl/N-ethyl adjacent to an activating group) is 1. The third-order valence-corrected chi connectivity index (χ3v) is 8.10. The Morgan fingerprint density at radius 3 is 2.71 bits per heavy atom. The minimum Gasteiger partial charge on any atom is -0.357 e. The van der Waals surface area contributed by atoms with E-state index in [0.29, 0.717) is 38.9 Å². The summed E-state index contributed by atoms with van der Waals surface area (Å²) in [5, 5.41) is 10.7. The van der Waals surface area contributed by atoms with Crippen molar-refractivity contribution in [2.24, 2.45) is 0 Å². The molecule has 1 aromatic rings. The molecule has 34 heavy (non-hydrogen) atoms. The van der Waals surface area contributed by atoms with Crippen LogP contribution in [0.3, 0.4) is 0 Å². The van der Waals surface area contributed by atoms with Gasteiger partial charge >= 0.3 is 6.03 Å². The van der Waals surface area contributed by atoms with Crippen LogP contribution in [-0.4, -0.2) is 83.5 Å². The van der Waals surface area contributed by atoms with Crippen molar-refractivity contribution in [3.05, 3.63) is 29.8 Å². The van der Waals surface area contributed by atoms with Gasteiger partial charge in [-0.25, -0.2) is 10.1 Å². The van der Waals surface area contributed by atoms with E-state index in [2.05, 4.69) is 21.6 Å². The molecule has 0 bridgehead atoms. The Hall–Kier alpha value is -2.65. The molecule has 2 atom stereocenters. The van der Waals surface area contributed by atoms with Crippen molar-refractivity contribution in [2.75, 3.05) is 38.5 Å². The van der Waals surface area contributed by atoms with Crippen LogP contribution in [0.4, 0.5) is 10.5 Å². The van der Waals surface area contributed by atoms with Crippen molar-refractivity contribution in [2.45, 2.75) is 69.2 Å². The summed E-state index contributed by atoms with van der Waals surface area (Å²) in [6, 6.07) is 8.12. The molecular weight excluding hydrogens is 432 g/mol. The molecule has 9 heteroatoms. The molecule has 4 amide bonds. The smallest absolute Gasteiger partial charge is 0.322 e. The first-order valence-electron chi connectivity index (χ1n) is 12.6. The number of likely N-dealkylation sites (tertiary alicyclic amines) is 2. The number of rotatable bonds is 4. The second-order valence-corrected chi connectivity index (χ2v) is 9.94. The van der Waals surface area contributed by atoms with Crippen LogP contribution in [0.2, 0.25) is 0 Å². The minimum absolute atomic E-state index is 0.0262. The van der Waals surface area contributed by atoms with Crippen molar-refractivity contribution in [1.29, 1.82) is 0 Å². The summed E-state index contributed by atoms with van der Waals surface area (Å²) in [6.45, 7) is 3.50. The molecule has 2 unspecified atom stereocenters. The molecule has 5 rings (SSSR count). The van der Waals surface area contributed by atoms with Crippen molar-refractivity contribution in [1.82, 2.24) is 25.3 Å². The molecule has 4 aliphatic rings. The third-order valence-electron chi connectivity index (χ3n) is 8.10. The van der Waals surface area contributed by atoms with Gasteiger partial charge in [-0.3, -0.25) is 14.5 Å². The van der Waals surface area contributed by atoms with Gasteiger partial charge in [-0.2, -0.15) is 0 Å². The lowest BCUT2D eigenvalue weighted by molar-refractivity contribution is -0.154. The summed E-state index contributed by atoms with van der Waals surface area (Å²) in [4.78, 5) is 44.8. The molecule has 1 radical (unpaired) electrons. The highest BCUT2D eigenvalue weighted by Gasteiger charge is 2.51. The van der Waals surface area contributed by atoms with Crippen molar-refractivity contribution >= 4 is 23.5 Å². The molecule has 4 aliphatic heterocycles. The number of urea groups is 1. The maximum atomic E-state index is 13.1. The average Bonchev–Trinajstić information content (AvgIpc) is 2.88. The van der Waals surface area contributed by atoms with Crippen molar-refractivity contribution in [3.63, 3.8) is 0 Å². The number of piperidine rings is 3. The number of nitrogens with one attached hydrogen (secondary N) is 2. The number of amides is 4. The average molecular weight is 468 g/mol. The van der Waals surface area contributed by atoms with Crippen molar-refractivity contribution in [3.8, 4) is 0 Å². The van der Waals surface area contributed by atoms with Gasteiger partial charge in [0.1, 0.15) is 5.54 Å². The first kappa shape index (κ1) is 23.1. The Kier molecular flexibility index (Phi) is 6.48. The van der Waals surface area contributed by atoms with Gasteiger partial charge in [-0.1, -0.05) is 18.2 Å². The molecule has 0 saturated carbocycles. The quantitative estimate of drug-likeness (QED) is 0.704. The molecule has 183 valence electrons. The van der Waals surface area contributed by atoms with E-state index in [0.717, 1.165) is 50.0 Å². The van der Waals surface area contributed by atoms with Gasteiger partial charge in [-0.15, -0.1) is 0 Å². The molecule has 3 saturated heterocycles. The molecule has 4 heterocycles.